The van der Waals surface area contributed by atoms with Gasteiger partial charge >= 0.3 is 0 Å². The highest BCUT2D eigenvalue weighted by Gasteiger charge is 2.13. The normalized spacial score (nSPS) is 11.9. The molecule has 2 rings (SSSR count). The highest BCUT2D eigenvalue weighted by molar-refractivity contribution is 6.31. The van der Waals surface area contributed by atoms with Crippen molar-refractivity contribution >= 4 is 11.6 Å². The van der Waals surface area contributed by atoms with Crippen molar-refractivity contribution in [3.05, 3.63) is 52.1 Å². The summed E-state index contributed by atoms with van der Waals surface area (Å²) in [4.78, 5) is 4.44. The van der Waals surface area contributed by atoms with E-state index in [1.54, 1.807) is 0 Å². The molecule has 1 aromatic heterocycles. The first-order chi connectivity index (χ1) is 9.76. The third-order valence-electron chi connectivity index (χ3n) is 3.47. The fourth-order valence-electron chi connectivity index (χ4n) is 2.18. The maximum Gasteiger partial charge on any atom is 0.106 e. The summed E-state index contributed by atoms with van der Waals surface area (Å²) in [6, 6.07) is 6.20. The molecule has 0 saturated carbocycles. The quantitative estimate of drug-likeness (QED) is 0.922. The van der Waals surface area contributed by atoms with E-state index in [2.05, 4.69) is 54.7 Å². The summed E-state index contributed by atoms with van der Waals surface area (Å²) in [6.45, 7) is 12.1. The minimum absolute atomic E-state index is 0.0878. The Morgan fingerprint density at radius 1 is 1.24 bits per heavy atom. The molecule has 0 aliphatic carbocycles. The first-order valence-electron chi connectivity index (χ1n) is 7.27. The van der Waals surface area contributed by atoms with Gasteiger partial charge in [0.15, 0.2) is 0 Å². The molecule has 0 atom stereocenters. The summed E-state index contributed by atoms with van der Waals surface area (Å²) < 4.78 is 2.22. The van der Waals surface area contributed by atoms with Crippen LogP contribution >= 0.6 is 11.6 Å². The van der Waals surface area contributed by atoms with Crippen molar-refractivity contribution in [1.82, 2.24) is 14.9 Å². The van der Waals surface area contributed by atoms with E-state index in [9.17, 15) is 0 Å². The maximum absolute atomic E-state index is 6.35. The summed E-state index contributed by atoms with van der Waals surface area (Å²) in [7, 11) is 0. The van der Waals surface area contributed by atoms with Crippen LogP contribution in [-0.2, 0) is 13.1 Å². The number of benzene rings is 1. The van der Waals surface area contributed by atoms with Gasteiger partial charge in [-0.05, 0) is 51.8 Å². The van der Waals surface area contributed by atoms with E-state index < -0.39 is 0 Å². The number of hydrogen-bond acceptors (Lipinski definition) is 2. The zero-order valence-corrected chi connectivity index (χ0v) is 14.3. The van der Waals surface area contributed by atoms with Crippen LogP contribution in [0.5, 0.6) is 0 Å². The van der Waals surface area contributed by atoms with E-state index >= 15 is 0 Å². The highest BCUT2D eigenvalue weighted by atomic mass is 35.5. The Balaban J connectivity index is 2.21. The molecule has 3 nitrogen and oxygen atoms in total. The first kappa shape index (κ1) is 16.1. The Kier molecular flexibility index (Phi) is 4.74. The van der Waals surface area contributed by atoms with Gasteiger partial charge in [0.2, 0.25) is 0 Å². The Morgan fingerprint density at radius 3 is 2.57 bits per heavy atom. The molecule has 1 heterocycles. The number of imidazole rings is 1. The molecule has 0 amide bonds. The number of hydrogen-bond donors (Lipinski definition) is 1. The second kappa shape index (κ2) is 6.20. The van der Waals surface area contributed by atoms with Crippen molar-refractivity contribution in [3.8, 4) is 0 Å². The lowest BCUT2D eigenvalue weighted by Crippen LogP contribution is -2.35. The van der Waals surface area contributed by atoms with Crippen molar-refractivity contribution in [2.75, 3.05) is 0 Å². The average Bonchev–Trinajstić information content (AvgIpc) is 2.71. The van der Waals surface area contributed by atoms with Gasteiger partial charge in [-0.3, -0.25) is 0 Å². The van der Waals surface area contributed by atoms with Crippen LogP contribution in [0.25, 0.3) is 0 Å². The largest absolute Gasteiger partial charge is 0.327 e. The molecule has 0 aliphatic rings. The summed E-state index contributed by atoms with van der Waals surface area (Å²) >= 11 is 6.35. The second-order valence-corrected chi connectivity index (χ2v) is 6.99. The Labute approximate surface area is 132 Å². The molecular weight excluding hydrogens is 282 g/mol. The molecular formula is C17H24ClN3. The summed E-state index contributed by atoms with van der Waals surface area (Å²) in [5.41, 5.74) is 3.57. The molecule has 114 valence electrons. The molecule has 0 saturated heterocycles. The fraction of sp³-hybridized carbons (Fsp3) is 0.471. The SMILES string of the molecule is Cc1ccc(Cn2c(CNC(C)(C)C)cnc2C)c(Cl)c1. The van der Waals surface area contributed by atoms with Crippen LogP contribution in [0.2, 0.25) is 5.02 Å². The van der Waals surface area contributed by atoms with Gasteiger partial charge in [0.25, 0.3) is 0 Å². The van der Waals surface area contributed by atoms with E-state index in [-0.39, 0.29) is 5.54 Å². The van der Waals surface area contributed by atoms with Gasteiger partial charge in [-0.2, -0.15) is 0 Å². The van der Waals surface area contributed by atoms with Crippen LogP contribution in [0.15, 0.2) is 24.4 Å². The van der Waals surface area contributed by atoms with Gasteiger partial charge < -0.3 is 9.88 Å². The topological polar surface area (TPSA) is 29.9 Å². The number of rotatable bonds is 4. The molecule has 0 fully saturated rings. The van der Waals surface area contributed by atoms with E-state index in [4.69, 9.17) is 11.6 Å². The first-order valence-corrected chi connectivity index (χ1v) is 7.65. The van der Waals surface area contributed by atoms with Crippen LogP contribution in [0.1, 0.15) is 43.4 Å². The van der Waals surface area contributed by atoms with E-state index in [1.165, 1.54) is 11.3 Å². The zero-order valence-electron chi connectivity index (χ0n) is 13.5. The molecule has 0 unspecified atom stereocenters. The molecule has 0 radical (unpaired) electrons. The van der Waals surface area contributed by atoms with Crippen LogP contribution in [-0.4, -0.2) is 15.1 Å². The van der Waals surface area contributed by atoms with Gasteiger partial charge in [0.05, 0.1) is 12.2 Å². The van der Waals surface area contributed by atoms with E-state index in [0.29, 0.717) is 0 Å². The molecule has 0 spiro atoms. The minimum atomic E-state index is 0.0878. The Morgan fingerprint density at radius 2 is 1.95 bits per heavy atom. The Hall–Kier alpha value is -1.32. The standard InChI is InChI=1S/C17H24ClN3/c1-12-6-7-14(16(18)8-12)11-21-13(2)19-9-15(21)10-20-17(3,4)5/h6-9,20H,10-11H2,1-5H3. The van der Waals surface area contributed by atoms with Crippen molar-refractivity contribution in [2.24, 2.45) is 0 Å². The highest BCUT2D eigenvalue weighted by Crippen LogP contribution is 2.20. The van der Waals surface area contributed by atoms with Gasteiger partial charge in [0.1, 0.15) is 5.82 Å². The number of halogens is 1. The summed E-state index contributed by atoms with van der Waals surface area (Å²) in [5, 5.41) is 4.33. The third kappa shape index (κ3) is 4.32. The van der Waals surface area contributed by atoms with E-state index in [1.807, 2.05) is 19.2 Å². The van der Waals surface area contributed by atoms with Gasteiger partial charge in [0, 0.05) is 23.3 Å². The van der Waals surface area contributed by atoms with Crippen LogP contribution < -0.4 is 5.32 Å². The maximum atomic E-state index is 6.35. The summed E-state index contributed by atoms with van der Waals surface area (Å²) in [5.74, 6) is 1.01. The van der Waals surface area contributed by atoms with Crippen molar-refractivity contribution in [1.29, 1.82) is 0 Å². The van der Waals surface area contributed by atoms with Gasteiger partial charge in [-0.15, -0.1) is 0 Å². The molecule has 0 bridgehead atoms. The van der Waals surface area contributed by atoms with Crippen molar-refractivity contribution in [2.45, 2.75) is 53.2 Å². The molecule has 1 N–H and O–H groups in total. The zero-order chi connectivity index (χ0) is 15.6. The number of aromatic nitrogens is 2. The molecule has 21 heavy (non-hydrogen) atoms. The molecule has 1 aromatic carbocycles. The van der Waals surface area contributed by atoms with Gasteiger partial charge in [-0.1, -0.05) is 23.7 Å². The molecule has 0 aliphatic heterocycles. The van der Waals surface area contributed by atoms with Crippen LogP contribution in [0.3, 0.4) is 0 Å². The molecule has 2 aromatic rings. The van der Waals surface area contributed by atoms with Crippen molar-refractivity contribution < 1.29 is 0 Å². The monoisotopic (exact) mass is 305 g/mol. The van der Waals surface area contributed by atoms with Gasteiger partial charge in [-0.25, -0.2) is 4.98 Å². The number of nitrogens with one attached hydrogen (secondary N) is 1. The van der Waals surface area contributed by atoms with Crippen LogP contribution in [0, 0.1) is 13.8 Å². The second-order valence-electron chi connectivity index (χ2n) is 6.58. The number of aryl methyl sites for hydroxylation is 2. The lowest BCUT2D eigenvalue weighted by atomic mass is 10.1. The molecule has 4 heteroatoms. The predicted molar refractivity (Wildman–Crippen MR) is 88.8 cm³/mol. The van der Waals surface area contributed by atoms with E-state index in [0.717, 1.165) is 29.5 Å². The summed E-state index contributed by atoms with van der Waals surface area (Å²) in [6.07, 6.45) is 1.94. The predicted octanol–water partition coefficient (Wildman–Crippen LogP) is 4.09. The fourth-order valence-corrected chi connectivity index (χ4v) is 2.47. The van der Waals surface area contributed by atoms with Crippen LogP contribution in [0.4, 0.5) is 0 Å². The average molecular weight is 306 g/mol. The van der Waals surface area contributed by atoms with Crippen molar-refractivity contribution in [3.63, 3.8) is 0 Å². The minimum Gasteiger partial charge on any atom is -0.327 e. The number of nitrogens with zero attached hydrogens (tertiary/aromatic N) is 2. The Bertz CT molecular complexity index is 623. The third-order valence-corrected chi connectivity index (χ3v) is 3.83. The lowest BCUT2D eigenvalue weighted by Gasteiger charge is -2.21. The lowest BCUT2D eigenvalue weighted by molar-refractivity contribution is 0.416. The smallest absolute Gasteiger partial charge is 0.106 e.